The van der Waals surface area contributed by atoms with Crippen molar-refractivity contribution < 1.29 is 19.2 Å². The summed E-state index contributed by atoms with van der Waals surface area (Å²) in [7, 11) is 0. The first kappa shape index (κ1) is 14.7. The third-order valence-corrected chi connectivity index (χ3v) is 3.33. The average molecular weight is 306 g/mol. The number of amides is 1. The van der Waals surface area contributed by atoms with Crippen molar-refractivity contribution in [2.45, 2.75) is 6.92 Å². The molecule has 0 aliphatic carbocycles. The van der Waals surface area contributed by atoms with Crippen LogP contribution in [0.25, 0.3) is 0 Å². The molecule has 8 heteroatoms. The zero-order chi connectivity index (χ0) is 15.4. The van der Waals surface area contributed by atoms with E-state index < -0.39 is 10.9 Å². The van der Waals surface area contributed by atoms with E-state index in [4.69, 9.17) is 4.74 Å². The van der Waals surface area contributed by atoms with Gasteiger partial charge in [0.15, 0.2) is 0 Å². The number of hydrogen-bond donors (Lipinski definition) is 1. The van der Waals surface area contributed by atoms with E-state index in [1.807, 2.05) is 0 Å². The molecular weight excluding hydrogens is 296 g/mol. The molecule has 0 radical (unpaired) electrons. The predicted molar refractivity (Wildman–Crippen MR) is 76.7 cm³/mol. The number of hydrogen-bond acceptors (Lipinski definition) is 6. The molecule has 2 rings (SSSR count). The number of nitro groups is 1. The molecule has 108 valence electrons. The van der Waals surface area contributed by atoms with Gasteiger partial charge in [0.2, 0.25) is 5.91 Å². The molecule has 0 unspecified atom stereocenters. The van der Waals surface area contributed by atoms with Gasteiger partial charge in [0.05, 0.1) is 16.0 Å². The van der Waals surface area contributed by atoms with E-state index in [1.165, 1.54) is 37.3 Å². The summed E-state index contributed by atoms with van der Waals surface area (Å²) in [6.45, 7) is 1.36. The highest BCUT2D eigenvalue weighted by atomic mass is 32.1. The highest BCUT2D eigenvalue weighted by Crippen LogP contribution is 2.25. The molecule has 1 heterocycles. The largest absolute Gasteiger partial charge is 0.422 e. The molecule has 2 aromatic rings. The second kappa shape index (κ2) is 6.14. The monoisotopic (exact) mass is 306 g/mol. The van der Waals surface area contributed by atoms with Crippen LogP contribution in [0.5, 0.6) is 5.75 Å². The summed E-state index contributed by atoms with van der Waals surface area (Å²) in [5.41, 5.74) is -0.162. The second-order valence-corrected chi connectivity index (χ2v) is 5.07. The molecule has 0 aliphatic rings. The van der Waals surface area contributed by atoms with Crippen LogP contribution in [0.3, 0.4) is 0 Å². The summed E-state index contributed by atoms with van der Waals surface area (Å²) >= 11 is 1.06. The smallest absolute Gasteiger partial charge is 0.353 e. The molecule has 0 atom stereocenters. The first-order chi connectivity index (χ1) is 9.95. The first-order valence-electron chi connectivity index (χ1n) is 5.80. The number of carbonyl (C=O) groups excluding carboxylic acids is 2. The van der Waals surface area contributed by atoms with E-state index >= 15 is 0 Å². The van der Waals surface area contributed by atoms with Gasteiger partial charge in [-0.25, -0.2) is 4.79 Å². The van der Waals surface area contributed by atoms with Crippen molar-refractivity contribution in [2.24, 2.45) is 0 Å². The fraction of sp³-hybridized carbons (Fsp3) is 0.0769. The lowest BCUT2D eigenvalue weighted by Gasteiger charge is -2.02. The number of non-ortho nitro benzene ring substituents is 1. The fourth-order valence-corrected chi connectivity index (χ4v) is 2.34. The molecule has 1 amide bonds. The molecule has 0 saturated carbocycles. The maximum atomic E-state index is 11.9. The first-order valence-corrected chi connectivity index (χ1v) is 6.61. The number of ether oxygens (including phenoxy) is 1. The zero-order valence-electron chi connectivity index (χ0n) is 10.9. The van der Waals surface area contributed by atoms with Crippen molar-refractivity contribution in [3.63, 3.8) is 0 Å². The number of esters is 1. The highest BCUT2D eigenvalue weighted by Gasteiger charge is 2.14. The lowest BCUT2D eigenvalue weighted by molar-refractivity contribution is -0.384. The minimum absolute atomic E-state index is 0.0867. The van der Waals surface area contributed by atoms with Gasteiger partial charge >= 0.3 is 5.97 Å². The van der Waals surface area contributed by atoms with Crippen LogP contribution in [0.15, 0.2) is 36.4 Å². The van der Waals surface area contributed by atoms with E-state index in [2.05, 4.69) is 5.32 Å². The van der Waals surface area contributed by atoms with Crippen molar-refractivity contribution in [3.8, 4) is 5.75 Å². The number of nitrogens with one attached hydrogen (secondary N) is 1. The maximum Gasteiger partial charge on any atom is 0.353 e. The van der Waals surface area contributed by atoms with E-state index in [0.29, 0.717) is 5.00 Å². The van der Waals surface area contributed by atoms with Crippen LogP contribution in [0.2, 0.25) is 0 Å². The van der Waals surface area contributed by atoms with Gasteiger partial charge < -0.3 is 10.1 Å². The molecular formula is C13H10N2O5S. The molecule has 21 heavy (non-hydrogen) atoms. The third kappa shape index (κ3) is 3.86. The number of nitro benzene ring substituents is 1. The zero-order valence-corrected chi connectivity index (χ0v) is 11.7. The minimum atomic E-state index is -0.642. The third-order valence-electron chi connectivity index (χ3n) is 2.35. The van der Waals surface area contributed by atoms with E-state index in [-0.39, 0.29) is 22.2 Å². The Morgan fingerprint density at radius 3 is 2.71 bits per heavy atom. The van der Waals surface area contributed by atoms with Crippen molar-refractivity contribution in [3.05, 3.63) is 51.4 Å². The number of nitrogens with zero attached hydrogens (tertiary/aromatic N) is 1. The summed E-state index contributed by atoms with van der Waals surface area (Å²) in [6, 6.07) is 8.44. The van der Waals surface area contributed by atoms with Gasteiger partial charge in [-0.05, 0) is 18.2 Å². The Hall–Kier alpha value is -2.74. The minimum Gasteiger partial charge on any atom is -0.422 e. The van der Waals surface area contributed by atoms with Crippen LogP contribution in [0.4, 0.5) is 10.7 Å². The lowest BCUT2D eigenvalue weighted by Crippen LogP contribution is -2.06. The van der Waals surface area contributed by atoms with E-state index in [9.17, 15) is 19.7 Å². The van der Waals surface area contributed by atoms with Gasteiger partial charge in [0.1, 0.15) is 10.6 Å². The topological polar surface area (TPSA) is 98.5 Å². The molecule has 0 spiro atoms. The van der Waals surface area contributed by atoms with Gasteiger partial charge in [0.25, 0.3) is 5.69 Å². The lowest BCUT2D eigenvalue weighted by atomic mass is 10.3. The quantitative estimate of drug-likeness (QED) is 0.405. The van der Waals surface area contributed by atoms with Crippen molar-refractivity contribution in [2.75, 3.05) is 5.32 Å². The predicted octanol–water partition coefficient (Wildman–Crippen LogP) is 2.83. The normalized spacial score (nSPS) is 9.95. The number of anilines is 1. The van der Waals surface area contributed by atoms with Crippen LogP contribution < -0.4 is 10.1 Å². The molecule has 0 saturated heterocycles. The molecule has 7 nitrogen and oxygen atoms in total. The van der Waals surface area contributed by atoms with E-state index in [1.54, 1.807) is 6.07 Å². The maximum absolute atomic E-state index is 11.9. The summed E-state index contributed by atoms with van der Waals surface area (Å²) in [4.78, 5) is 33.2. The Balaban J connectivity index is 2.10. The van der Waals surface area contributed by atoms with Gasteiger partial charge in [0, 0.05) is 13.0 Å². The van der Waals surface area contributed by atoms with Crippen molar-refractivity contribution in [1.82, 2.24) is 0 Å². The Bertz CT molecular complexity index is 710. The highest BCUT2D eigenvalue weighted by molar-refractivity contribution is 7.18. The molecule has 1 aromatic carbocycles. The fourth-order valence-electron chi connectivity index (χ4n) is 1.51. The van der Waals surface area contributed by atoms with Gasteiger partial charge in [-0.3, -0.25) is 14.9 Å². The van der Waals surface area contributed by atoms with Crippen molar-refractivity contribution in [1.29, 1.82) is 0 Å². The summed E-state index contributed by atoms with van der Waals surface area (Å²) in [6.07, 6.45) is 0. The van der Waals surface area contributed by atoms with Gasteiger partial charge in [-0.2, -0.15) is 0 Å². The average Bonchev–Trinajstić information content (AvgIpc) is 2.86. The van der Waals surface area contributed by atoms with Crippen LogP contribution >= 0.6 is 11.3 Å². The number of benzene rings is 1. The summed E-state index contributed by atoms with van der Waals surface area (Å²) in [5, 5.41) is 13.7. The van der Waals surface area contributed by atoms with Crippen LogP contribution in [0, 0.1) is 10.1 Å². The van der Waals surface area contributed by atoms with Crippen LogP contribution in [0.1, 0.15) is 16.6 Å². The number of thiophene rings is 1. The number of rotatable bonds is 4. The molecule has 0 aliphatic heterocycles. The van der Waals surface area contributed by atoms with Crippen LogP contribution in [-0.2, 0) is 4.79 Å². The molecule has 1 N–H and O–H groups in total. The Labute approximate surface area is 123 Å². The van der Waals surface area contributed by atoms with Crippen LogP contribution in [-0.4, -0.2) is 16.8 Å². The summed E-state index contributed by atoms with van der Waals surface area (Å²) < 4.78 is 5.06. The van der Waals surface area contributed by atoms with Crippen molar-refractivity contribution >= 4 is 33.9 Å². The van der Waals surface area contributed by atoms with E-state index in [0.717, 1.165) is 11.3 Å². The summed E-state index contributed by atoms with van der Waals surface area (Å²) in [5.74, 6) is -0.795. The SMILES string of the molecule is CC(=O)Nc1ccc(C(=O)Oc2cccc([N+](=O)[O-])c2)s1. The van der Waals surface area contributed by atoms with Gasteiger partial charge in [-0.1, -0.05) is 6.07 Å². The second-order valence-electron chi connectivity index (χ2n) is 3.99. The number of carbonyl (C=O) groups is 2. The Kier molecular flexibility index (Phi) is 4.29. The molecule has 0 fully saturated rings. The molecule has 1 aromatic heterocycles. The standard InChI is InChI=1S/C13H10N2O5S/c1-8(16)14-12-6-5-11(21-12)13(17)20-10-4-2-3-9(7-10)15(18)19/h2-7H,1H3,(H,14,16). The Morgan fingerprint density at radius 2 is 2.05 bits per heavy atom. The Morgan fingerprint density at radius 1 is 1.29 bits per heavy atom. The molecule has 0 bridgehead atoms. The van der Waals surface area contributed by atoms with Gasteiger partial charge in [-0.15, -0.1) is 11.3 Å².